The van der Waals surface area contributed by atoms with Gasteiger partial charge < -0.3 is 0 Å². The maximum Gasteiger partial charge on any atom is 0.156 e. The second-order valence-electron chi connectivity index (χ2n) is 3.83. The quantitative estimate of drug-likeness (QED) is 0.726. The van der Waals surface area contributed by atoms with E-state index < -0.39 is 15.1 Å². The minimum atomic E-state index is -3.07. The Hall–Kier alpha value is -1.16. The zero-order valence-electron chi connectivity index (χ0n) is 8.77. The molecule has 0 saturated carbocycles. The zero-order valence-corrected chi connectivity index (χ0v) is 9.58. The highest BCUT2D eigenvalue weighted by Gasteiger charge is 2.28. The van der Waals surface area contributed by atoms with Crippen LogP contribution in [-0.4, -0.2) is 26.9 Å². The summed E-state index contributed by atoms with van der Waals surface area (Å²) in [4.78, 5) is 4.26. The largest absolute Gasteiger partial charge is 0.288 e. The number of hydrogen-bond acceptors (Lipinski definition) is 3. The summed E-state index contributed by atoms with van der Waals surface area (Å²) in [6.45, 7) is 2.26. The molecular weight excluding hydrogens is 210 g/mol. The van der Waals surface area contributed by atoms with Crippen molar-refractivity contribution in [3.8, 4) is 0 Å². The Balaban J connectivity index is 2.61. The van der Waals surface area contributed by atoms with Crippen molar-refractivity contribution in [3.05, 3.63) is 35.4 Å². The van der Waals surface area contributed by atoms with Crippen molar-refractivity contribution in [1.82, 2.24) is 0 Å². The molecule has 1 aliphatic rings. The van der Waals surface area contributed by atoms with E-state index in [4.69, 9.17) is 0 Å². The van der Waals surface area contributed by atoms with Gasteiger partial charge in [0.05, 0.1) is 6.54 Å². The van der Waals surface area contributed by atoms with E-state index in [1.807, 2.05) is 31.2 Å². The van der Waals surface area contributed by atoms with E-state index >= 15 is 0 Å². The first-order chi connectivity index (χ1) is 7.00. The van der Waals surface area contributed by atoms with E-state index in [1.165, 1.54) is 6.26 Å². The van der Waals surface area contributed by atoms with Gasteiger partial charge in [-0.05, 0) is 18.1 Å². The Kier molecular flexibility index (Phi) is 2.38. The van der Waals surface area contributed by atoms with Crippen molar-refractivity contribution in [2.45, 2.75) is 12.2 Å². The molecule has 3 nitrogen and oxygen atoms in total. The lowest BCUT2D eigenvalue weighted by atomic mass is 9.98. The van der Waals surface area contributed by atoms with Gasteiger partial charge in [0.1, 0.15) is 5.25 Å². The van der Waals surface area contributed by atoms with E-state index in [1.54, 1.807) is 0 Å². The van der Waals surface area contributed by atoms with Crippen LogP contribution in [0, 0.1) is 0 Å². The van der Waals surface area contributed by atoms with Crippen molar-refractivity contribution in [3.63, 3.8) is 0 Å². The molecule has 15 heavy (non-hydrogen) atoms. The predicted molar refractivity (Wildman–Crippen MR) is 61.1 cm³/mol. The lowest BCUT2D eigenvalue weighted by Gasteiger charge is -2.22. The molecule has 1 unspecified atom stereocenters. The summed E-state index contributed by atoms with van der Waals surface area (Å²) in [5, 5.41) is -0.475. The van der Waals surface area contributed by atoms with Gasteiger partial charge in [-0.2, -0.15) is 0 Å². The summed E-state index contributed by atoms with van der Waals surface area (Å²) in [5.74, 6) is 0. The van der Waals surface area contributed by atoms with Gasteiger partial charge in [0.25, 0.3) is 0 Å². The van der Waals surface area contributed by atoms with E-state index in [9.17, 15) is 8.42 Å². The lowest BCUT2D eigenvalue weighted by Crippen LogP contribution is -2.22. The lowest BCUT2D eigenvalue weighted by molar-refractivity contribution is 0.588. The first-order valence-electron chi connectivity index (χ1n) is 4.79. The van der Waals surface area contributed by atoms with Crippen LogP contribution in [0.15, 0.2) is 29.3 Å². The highest BCUT2D eigenvalue weighted by atomic mass is 32.2. The van der Waals surface area contributed by atoms with Gasteiger partial charge in [-0.15, -0.1) is 0 Å². The van der Waals surface area contributed by atoms with E-state index in [0.29, 0.717) is 6.54 Å². The number of hydrogen-bond donors (Lipinski definition) is 0. The molecule has 2 rings (SSSR count). The molecule has 0 spiro atoms. The van der Waals surface area contributed by atoms with Gasteiger partial charge in [0, 0.05) is 12.0 Å². The van der Waals surface area contributed by atoms with Crippen LogP contribution in [0.2, 0.25) is 0 Å². The smallest absolute Gasteiger partial charge is 0.156 e. The molecular formula is C11H13NO2S. The van der Waals surface area contributed by atoms with Crippen LogP contribution in [0.4, 0.5) is 0 Å². The molecule has 0 fully saturated rings. The fourth-order valence-corrected chi connectivity index (χ4v) is 2.89. The first kappa shape index (κ1) is 10.4. The Morgan fingerprint density at radius 1 is 1.33 bits per heavy atom. The fraction of sp³-hybridized carbons (Fsp3) is 0.364. The molecule has 1 heterocycles. The number of aliphatic imine (C=N–C) groups is 1. The average molecular weight is 223 g/mol. The highest BCUT2D eigenvalue weighted by molar-refractivity contribution is 7.91. The van der Waals surface area contributed by atoms with Crippen LogP contribution >= 0.6 is 0 Å². The second-order valence-corrected chi connectivity index (χ2v) is 6.06. The van der Waals surface area contributed by atoms with Gasteiger partial charge in [0.15, 0.2) is 9.84 Å². The van der Waals surface area contributed by atoms with E-state index in [2.05, 4.69) is 4.99 Å². The van der Waals surface area contributed by atoms with Crippen molar-refractivity contribution >= 4 is 15.5 Å². The molecule has 0 radical (unpaired) electrons. The van der Waals surface area contributed by atoms with Gasteiger partial charge in [0.2, 0.25) is 0 Å². The summed E-state index contributed by atoms with van der Waals surface area (Å²) >= 11 is 0. The molecule has 0 aliphatic carbocycles. The molecule has 0 bridgehead atoms. The van der Waals surface area contributed by atoms with Crippen LogP contribution in [0.1, 0.15) is 23.3 Å². The first-order valence-corrected chi connectivity index (χ1v) is 6.75. The van der Waals surface area contributed by atoms with E-state index in [0.717, 1.165) is 16.8 Å². The Labute approximate surface area is 89.8 Å². The van der Waals surface area contributed by atoms with Crippen molar-refractivity contribution < 1.29 is 8.42 Å². The molecule has 0 amide bonds. The predicted octanol–water partition coefficient (Wildman–Crippen LogP) is 1.59. The van der Waals surface area contributed by atoms with Gasteiger partial charge in [-0.25, -0.2) is 8.42 Å². The fourth-order valence-electron chi connectivity index (χ4n) is 1.88. The van der Waals surface area contributed by atoms with Crippen molar-refractivity contribution in [2.75, 3.05) is 12.8 Å². The third-order valence-electron chi connectivity index (χ3n) is 2.71. The number of fused-ring (bicyclic) bond motifs is 1. The summed E-state index contributed by atoms with van der Waals surface area (Å²) in [7, 11) is -3.07. The molecule has 1 aliphatic heterocycles. The average Bonchev–Trinajstić information content (AvgIpc) is 2.17. The normalized spacial score (nSPS) is 20.7. The third kappa shape index (κ3) is 1.81. The standard InChI is InChI=1S/C11H13NO2S/c1-8-9-5-3-4-6-10(9)11(7-12-8)15(2,13)14/h3-6,11H,7H2,1-2H3. The van der Waals surface area contributed by atoms with E-state index in [-0.39, 0.29) is 0 Å². The van der Waals surface area contributed by atoms with Crippen LogP contribution in [-0.2, 0) is 9.84 Å². The summed E-state index contributed by atoms with van der Waals surface area (Å²) < 4.78 is 23.2. The topological polar surface area (TPSA) is 46.5 Å². The van der Waals surface area contributed by atoms with Gasteiger partial charge in [-0.3, -0.25) is 4.99 Å². The zero-order chi connectivity index (χ0) is 11.1. The Morgan fingerprint density at radius 3 is 2.67 bits per heavy atom. The number of benzene rings is 1. The molecule has 0 saturated heterocycles. The number of sulfone groups is 1. The summed E-state index contributed by atoms with van der Waals surface area (Å²) in [5.41, 5.74) is 2.76. The van der Waals surface area contributed by atoms with Crippen molar-refractivity contribution in [2.24, 2.45) is 4.99 Å². The molecule has 80 valence electrons. The Morgan fingerprint density at radius 2 is 2.00 bits per heavy atom. The molecule has 1 atom stereocenters. The van der Waals surface area contributed by atoms with Crippen LogP contribution < -0.4 is 0 Å². The monoisotopic (exact) mass is 223 g/mol. The maximum absolute atomic E-state index is 11.6. The summed E-state index contributed by atoms with van der Waals surface area (Å²) in [6, 6.07) is 7.57. The molecule has 1 aromatic rings. The highest BCUT2D eigenvalue weighted by Crippen LogP contribution is 2.29. The molecule has 0 N–H and O–H groups in total. The third-order valence-corrected chi connectivity index (χ3v) is 4.15. The molecule has 1 aromatic carbocycles. The Bertz CT molecular complexity index is 517. The number of rotatable bonds is 1. The summed E-state index contributed by atoms with van der Waals surface area (Å²) in [6.07, 6.45) is 1.27. The minimum absolute atomic E-state index is 0.349. The minimum Gasteiger partial charge on any atom is -0.288 e. The SMILES string of the molecule is CC1=NCC(S(C)(=O)=O)c2ccccc21. The van der Waals surface area contributed by atoms with Gasteiger partial charge >= 0.3 is 0 Å². The van der Waals surface area contributed by atoms with Crippen LogP contribution in [0.3, 0.4) is 0 Å². The maximum atomic E-state index is 11.6. The van der Waals surface area contributed by atoms with Gasteiger partial charge in [-0.1, -0.05) is 24.3 Å². The van der Waals surface area contributed by atoms with Crippen LogP contribution in [0.5, 0.6) is 0 Å². The van der Waals surface area contributed by atoms with Crippen molar-refractivity contribution in [1.29, 1.82) is 0 Å². The van der Waals surface area contributed by atoms with Crippen LogP contribution in [0.25, 0.3) is 0 Å². The second kappa shape index (κ2) is 3.45. The number of nitrogens with zero attached hydrogens (tertiary/aromatic N) is 1. The molecule has 0 aromatic heterocycles. The molecule has 4 heteroatoms.